The van der Waals surface area contributed by atoms with Crippen molar-refractivity contribution in [2.75, 3.05) is 20.6 Å². The molecule has 1 aromatic carbocycles. The lowest BCUT2D eigenvalue weighted by molar-refractivity contribution is -0.172. The minimum atomic E-state index is -1.81. The number of aliphatic hydroxyl groups is 1. The lowest BCUT2D eigenvalue weighted by Crippen LogP contribution is -2.44. The number of fused-ring (bicyclic) bond motifs is 5. The smallest absolute Gasteiger partial charge is 0.343 e. The Hall–Kier alpha value is -2.81. The highest BCUT2D eigenvalue weighted by Gasteiger charge is 2.45. The van der Waals surface area contributed by atoms with Gasteiger partial charge in [0.15, 0.2) is 5.60 Å². The lowest BCUT2D eigenvalue weighted by Gasteiger charge is -2.31. The number of nitrogens with zero attached hydrogens (tertiary/aromatic N) is 3. The van der Waals surface area contributed by atoms with Crippen molar-refractivity contribution in [1.29, 1.82) is 0 Å². The Labute approximate surface area is 206 Å². The summed E-state index contributed by atoms with van der Waals surface area (Å²) in [6.45, 7) is 7.89. The van der Waals surface area contributed by atoms with Crippen LogP contribution in [-0.4, -0.2) is 54.2 Å². The maximum atomic E-state index is 13.4. The Kier molecular flexibility index (Phi) is 5.73. The number of esters is 1. The summed E-state index contributed by atoms with van der Waals surface area (Å²) in [5.41, 5.74) is 2.07. The molecule has 0 radical (unpaired) electrons. The van der Waals surface area contributed by atoms with Crippen LogP contribution >= 0.6 is 0 Å². The first-order chi connectivity index (χ1) is 16.6. The number of rotatable bonds is 6. The second-order valence-electron chi connectivity index (χ2n) is 10.8. The van der Waals surface area contributed by atoms with Gasteiger partial charge in [-0.15, -0.1) is 0 Å². The summed E-state index contributed by atoms with van der Waals surface area (Å²) < 4.78 is 6.87. The van der Waals surface area contributed by atoms with Gasteiger partial charge in [-0.2, -0.15) is 0 Å². The van der Waals surface area contributed by atoms with E-state index in [2.05, 4.69) is 56.4 Å². The number of hydrogen-bond donors (Lipinski definition) is 1. The molecule has 0 bridgehead atoms. The van der Waals surface area contributed by atoms with Crippen LogP contribution in [0.4, 0.5) is 0 Å². The van der Waals surface area contributed by atoms with Crippen LogP contribution in [0.25, 0.3) is 22.3 Å². The number of pyridine rings is 2. The van der Waals surface area contributed by atoms with Gasteiger partial charge in [0, 0.05) is 16.5 Å². The molecule has 0 saturated carbocycles. The lowest BCUT2D eigenvalue weighted by atomic mass is 9.86. The van der Waals surface area contributed by atoms with Crippen LogP contribution in [0, 0.1) is 0 Å². The number of benzene rings is 1. The summed E-state index contributed by atoms with van der Waals surface area (Å²) in [5, 5.41) is 13.5. The summed E-state index contributed by atoms with van der Waals surface area (Å²) in [6, 6.07) is 11.5. The van der Waals surface area contributed by atoms with Crippen LogP contribution in [0.15, 0.2) is 35.1 Å². The van der Waals surface area contributed by atoms with E-state index in [-0.39, 0.29) is 18.6 Å². The third-order valence-electron chi connectivity index (χ3n) is 7.67. The van der Waals surface area contributed by atoms with E-state index in [9.17, 15) is 14.7 Å². The predicted molar refractivity (Wildman–Crippen MR) is 140 cm³/mol. The highest BCUT2D eigenvalue weighted by Crippen LogP contribution is 2.38. The number of carbonyl (C=O) groups excluding carboxylic acids is 1. The quantitative estimate of drug-likeness (QED) is 0.330. The molecule has 0 amide bonds. The second kappa shape index (κ2) is 8.39. The number of ether oxygens (including phenoxy) is 1. The standard InChI is InChI=1S/C27H33N3O4Si/c1-6-27(33)20-14-21-23-18(15-30(21)25(31)19(20)16-34-26(27)32)13-17-9-7-10-22(24(17)28-23)35(4,5)12-8-11-29(2)3/h7,9-10,13-14,33H,6,8,11-12,15-16H2,1-5H3/t27-/m0/s1. The van der Waals surface area contributed by atoms with Crippen LogP contribution < -0.4 is 10.7 Å². The summed E-state index contributed by atoms with van der Waals surface area (Å²) in [5.74, 6) is -0.700. The fraction of sp³-hybridized carbons (Fsp3) is 0.444. The average Bonchev–Trinajstić information content (AvgIpc) is 3.17. The minimum Gasteiger partial charge on any atom is -0.458 e. The Bertz CT molecular complexity index is 1410. The van der Waals surface area contributed by atoms with Gasteiger partial charge >= 0.3 is 5.97 Å². The molecule has 2 aliphatic heterocycles. The molecule has 2 aliphatic rings. The summed E-state index contributed by atoms with van der Waals surface area (Å²) in [7, 11) is 2.45. The van der Waals surface area contributed by atoms with Crippen LogP contribution in [-0.2, 0) is 28.3 Å². The first-order valence-electron chi connectivity index (χ1n) is 12.3. The van der Waals surface area contributed by atoms with Gasteiger partial charge in [0.2, 0.25) is 0 Å². The molecular formula is C27H33N3O4Si. The highest BCUT2D eigenvalue weighted by molar-refractivity contribution is 6.91. The van der Waals surface area contributed by atoms with Crippen molar-refractivity contribution in [3.8, 4) is 11.4 Å². The molecule has 0 aliphatic carbocycles. The van der Waals surface area contributed by atoms with Crippen LogP contribution in [0.5, 0.6) is 0 Å². The Morgan fingerprint density at radius 1 is 1.23 bits per heavy atom. The molecule has 8 heteroatoms. The summed E-state index contributed by atoms with van der Waals surface area (Å²) >= 11 is 0. The molecule has 0 unspecified atom stereocenters. The van der Waals surface area contributed by atoms with E-state index in [4.69, 9.17) is 9.72 Å². The van der Waals surface area contributed by atoms with E-state index in [1.54, 1.807) is 17.6 Å². The average molecular weight is 492 g/mol. The number of cyclic esters (lactones) is 1. The van der Waals surface area contributed by atoms with Crippen molar-refractivity contribution in [2.45, 2.75) is 57.7 Å². The monoisotopic (exact) mass is 491 g/mol. The molecule has 1 N–H and O–H groups in total. The third kappa shape index (κ3) is 3.75. The number of carbonyl (C=O) groups is 1. The molecule has 0 saturated heterocycles. The Morgan fingerprint density at radius 3 is 2.71 bits per heavy atom. The van der Waals surface area contributed by atoms with Gasteiger partial charge in [-0.3, -0.25) is 4.79 Å². The maximum absolute atomic E-state index is 13.4. The highest BCUT2D eigenvalue weighted by atomic mass is 28.3. The SMILES string of the molecule is CC[C@@]1(O)C(=O)OCc2c1cc1n(c2=O)Cc2cc3cccc([Si](C)(C)CCCN(C)C)c3nc2-1. The number of para-hydroxylation sites is 1. The zero-order chi connectivity index (χ0) is 25.1. The summed E-state index contributed by atoms with van der Waals surface area (Å²) in [4.78, 5) is 33.2. The largest absolute Gasteiger partial charge is 0.458 e. The zero-order valence-corrected chi connectivity index (χ0v) is 22.1. The van der Waals surface area contributed by atoms with Crippen molar-refractivity contribution in [3.05, 3.63) is 57.4 Å². The van der Waals surface area contributed by atoms with Gasteiger partial charge in [0.05, 0.1) is 37.1 Å². The molecule has 35 heavy (non-hydrogen) atoms. The molecule has 1 atom stereocenters. The predicted octanol–water partition coefficient (Wildman–Crippen LogP) is 2.95. The molecule has 0 fully saturated rings. The van der Waals surface area contributed by atoms with E-state index in [1.165, 1.54) is 5.19 Å². The fourth-order valence-corrected chi connectivity index (χ4v) is 8.23. The number of aromatic nitrogens is 2. The maximum Gasteiger partial charge on any atom is 0.343 e. The van der Waals surface area contributed by atoms with E-state index >= 15 is 0 Å². The summed E-state index contributed by atoms with van der Waals surface area (Å²) in [6.07, 6.45) is 1.28. The first-order valence-corrected chi connectivity index (χ1v) is 15.5. The molecule has 4 heterocycles. The number of hydrogen-bond acceptors (Lipinski definition) is 6. The van der Waals surface area contributed by atoms with Gasteiger partial charge in [0.25, 0.3) is 5.56 Å². The zero-order valence-electron chi connectivity index (χ0n) is 21.1. The third-order valence-corrected chi connectivity index (χ3v) is 11.1. The van der Waals surface area contributed by atoms with E-state index in [0.717, 1.165) is 41.2 Å². The van der Waals surface area contributed by atoms with Crippen LogP contribution in [0.2, 0.25) is 19.1 Å². The molecule has 3 aromatic rings. The first kappa shape index (κ1) is 23.9. The topological polar surface area (TPSA) is 84.7 Å². The van der Waals surface area contributed by atoms with Gasteiger partial charge in [-0.25, -0.2) is 9.78 Å². The van der Waals surface area contributed by atoms with Gasteiger partial charge < -0.3 is 19.3 Å². The molecule has 2 aromatic heterocycles. The molecular weight excluding hydrogens is 458 g/mol. The molecule has 5 rings (SSSR count). The Morgan fingerprint density at radius 2 is 2.00 bits per heavy atom. The second-order valence-corrected chi connectivity index (χ2v) is 15.6. The molecule has 184 valence electrons. The van der Waals surface area contributed by atoms with Crippen molar-refractivity contribution in [2.24, 2.45) is 0 Å². The van der Waals surface area contributed by atoms with Crippen molar-refractivity contribution in [3.63, 3.8) is 0 Å². The van der Waals surface area contributed by atoms with Crippen LogP contribution in [0.3, 0.4) is 0 Å². The van der Waals surface area contributed by atoms with Crippen molar-refractivity contribution in [1.82, 2.24) is 14.5 Å². The van der Waals surface area contributed by atoms with E-state index in [1.807, 2.05) is 0 Å². The minimum absolute atomic E-state index is 0.113. The van der Waals surface area contributed by atoms with Crippen molar-refractivity contribution >= 4 is 30.1 Å². The van der Waals surface area contributed by atoms with Crippen LogP contribution in [0.1, 0.15) is 36.5 Å². The molecule has 0 spiro atoms. The van der Waals surface area contributed by atoms with Gasteiger partial charge in [0.1, 0.15) is 6.61 Å². The normalized spacial score (nSPS) is 19.0. The van der Waals surface area contributed by atoms with Gasteiger partial charge in [-0.05, 0) is 50.8 Å². The van der Waals surface area contributed by atoms with E-state index in [0.29, 0.717) is 23.4 Å². The molecule has 7 nitrogen and oxygen atoms in total. The fourth-order valence-electron chi connectivity index (χ4n) is 5.53. The van der Waals surface area contributed by atoms with Crippen molar-refractivity contribution < 1.29 is 14.6 Å². The van der Waals surface area contributed by atoms with E-state index < -0.39 is 19.6 Å². The Balaban J connectivity index is 1.66. The van der Waals surface area contributed by atoms with Gasteiger partial charge in [-0.1, -0.05) is 44.3 Å².